The zero-order valence-electron chi connectivity index (χ0n) is 12.1. The van der Waals surface area contributed by atoms with Crippen LogP contribution in [-0.2, 0) is 15.0 Å². The molecule has 3 rings (SSSR count). The van der Waals surface area contributed by atoms with Crippen LogP contribution in [0.4, 0.5) is 0 Å². The molecule has 0 aromatic heterocycles. The third-order valence-corrected chi connectivity index (χ3v) is 4.85. The van der Waals surface area contributed by atoms with Crippen LogP contribution in [0.5, 0.6) is 0 Å². The molecule has 1 N–H and O–H groups in total. The largest absolute Gasteiger partial charge is 0.481 e. The van der Waals surface area contributed by atoms with Crippen molar-refractivity contribution in [1.82, 2.24) is 4.90 Å². The van der Waals surface area contributed by atoms with Gasteiger partial charge in [0.2, 0.25) is 5.91 Å². The average molecular weight is 287 g/mol. The molecule has 21 heavy (non-hydrogen) atoms. The minimum atomic E-state index is -0.734. The van der Waals surface area contributed by atoms with E-state index in [1.54, 1.807) is 0 Å². The number of benzene rings is 1. The van der Waals surface area contributed by atoms with E-state index in [9.17, 15) is 9.59 Å². The van der Waals surface area contributed by atoms with Crippen LogP contribution in [0.1, 0.15) is 37.7 Å². The SMILES string of the molecule is O=C(O)CC1CCN(C(=O)C2(c3ccccc3)CC2)CC1. The fourth-order valence-electron chi connectivity index (χ4n) is 3.40. The van der Waals surface area contributed by atoms with Crippen molar-refractivity contribution in [1.29, 1.82) is 0 Å². The summed E-state index contributed by atoms with van der Waals surface area (Å²) in [4.78, 5) is 25.5. The van der Waals surface area contributed by atoms with Crippen molar-refractivity contribution in [3.8, 4) is 0 Å². The van der Waals surface area contributed by atoms with E-state index in [2.05, 4.69) is 0 Å². The first-order valence-electron chi connectivity index (χ1n) is 7.68. The predicted octanol–water partition coefficient (Wildman–Crippen LogP) is 2.43. The van der Waals surface area contributed by atoms with Crippen molar-refractivity contribution in [2.75, 3.05) is 13.1 Å². The van der Waals surface area contributed by atoms with Crippen molar-refractivity contribution in [2.45, 2.75) is 37.5 Å². The number of likely N-dealkylation sites (tertiary alicyclic amines) is 1. The van der Waals surface area contributed by atoms with Gasteiger partial charge < -0.3 is 10.0 Å². The van der Waals surface area contributed by atoms with Gasteiger partial charge in [-0.25, -0.2) is 0 Å². The maximum atomic E-state index is 12.8. The summed E-state index contributed by atoms with van der Waals surface area (Å²) >= 11 is 0. The molecule has 0 atom stereocenters. The van der Waals surface area contributed by atoms with Gasteiger partial charge in [-0.1, -0.05) is 30.3 Å². The van der Waals surface area contributed by atoms with Crippen LogP contribution >= 0.6 is 0 Å². The smallest absolute Gasteiger partial charge is 0.303 e. The first-order valence-corrected chi connectivity index (χ1v) is 7.68. The number of carboxylic acid groups (broad SMARTS) is 1. The molecule has 1 saturated heterocycles. The van der Waals surface area contributed by atoms with E-state index in [1.807, 2.05) is 35.2 Å². The Morgan fingerprint density at radius 2 is 1.76 bits per heavy atom. The first kappa shape index (κ1) is 14.1. The summed E-state index contributed by atoms with van der Waals surface area (Å²) in [5.74, 6) is -0.274. The maximum Gasteiger partial charge on any atom is 0.303 e. The van der Waals surface area contributed by atoms with Gasteiger partial charge in [-0.3, -0.25) is 9.59 Å². The Morgan fingerprint density at radius 1 is 1.14 bits per heavy atom. The standard InChI is InChI=1S/C17H21NO3/c19-15(20)12-13-6-10-18(11-7-13)16(21)17(8-9-17)14-4-2-1-3-5-14/h1-5,13H,6-12H2,(H,19,20). The summed E-state index contributed by atoms with van der Waals surface area (Å²) in [6.07, 6.45) is 3.72. The zero-order chi connectivity index (χ0) is 14.9. The van der Waals surface area contributed by atoms with Gasteiger partial charge in [0, 0.05) is 19.5 Å². The van der Waals surface area contributed by atoms with E-state index >= 15 is 0 Å². The lowest BCUT2D eigenvalue weighted by atomic mass is 9.90. The molecule has 0 bridgehead atoms. The van der Waals surface area contributed by atoms with E-state index in [4.69, 9.17) is 5.11 Å². The van der Waals surface area contributed by atoms with Gasteiger partial charge in [0.05, 0.1) is 5.41 Å². The molecule has 112 valence electrons. The van der Waals surface area contributed by atoms with E-state index in [0.29, 0.717) is 13.1 Å². The van der Waals surface area contributed by atoms with Crippen LogP contribution in [0.15, 0.2) is 30.3 Å². The highest BCUT2D eigenvalue weighted by atomic mass is 16.4. The van der Waals surface area contributed by atoms with Gasteiger partial charge in [0.1, 0.15) is 0 Å². The van der Waals surface area contributed by atoms with Crippen molar-refractivity contribution < 1.29 is 14.7 Å². The Hall–Kier alpha value is -1.84. The molecule has 2 aliphatic rings. The monoisotopic (exact) mass is 287 g/mol. The second-order valence-corrected chi connectivity index (χ2v) is 6.28. The van der Waals surface area contributed by atoms with Crippen molar-refractivity contribution >= 4 is 11.9 Å². The Kier molecular flexibility index (Phi) is 3.70. The molecule has 4 heteroatoms. The highest BCUT2D eigenvalue weighted by molar-refractivity contribution is 5.91. The lowest BCUT2D eigenvalue weighted by Gasteiger charge is -2.34. The number of nitrogens with zero attached hydrogens (tertiary/aromatic N) is 1. The van der Waals surface area contributed by atoms with E-state index < -0.39 is 5.97 Å². The zero-order valence-corrected chi connectivity index (χ0v) is 12.1. The third kappa shape index (κ3) is 2.80. The third-order valence-electron chi connectivity index (χ3n) is 4.85. The van der Waals surface area contributed by atoms with Gasteiger partial charge >= 0.3 is 5.97 Å². The van der Waals surface area contributed by atoms with Crippen LogP contribution in [0, 0.1) is 5.92 Å². The normalized spacial score (nSPS) is 21.0. The molecular formula is C17H21NO3. The molecule has 1 heterocycles. The first-order chi connectivity index (χ1) is 10.1. The van der Waals surface area contributed by atoms with E-state index in [-0.39, 0.29) is 23.7 Å². The minimum Gasteiger partial charge on any atom is -0.481 e. The number of hydrogen-bond acceptors (Lipinski definition) is 2. The van der Waals surface area contributed by atoms with Gasteiger partial charge in [-0.15, -0.1) is 0 Å². The molecule has 1 aliphatic heterocycles. The molecule has 1 aliphatic carbocycles. The highest BCUT2D eigenvalue weighted by Crippen LogP contribution is 2.49. The number of carbonyl (C=O) groups is 2. The Morgan fingerprint density at radius 3 is 2.29 bits per heavy atom. The summed E-state index contributed by atoms with van der Waals surface area (Å²) in [5, 5.41) is 8.85. The van der Waals surface area contributed by atoms with Crippen molar-refractivity contribution in [3.63, 3.8) is 0 Å². The molecular weight excluding hydrogens is 266 g/mol. The number of carbonyl (C=O) groups excluding carboxylic acids is 1. The van der Waals surface area contributed by atoms with Gasteiger partial charge in [-0.2, -0.15) is 0 Å². The highest BCUT2D eigenvalue weighted by Gasteiger charge is 2.53. The summed E-state index contributed by atoms with van der Waals surface area (Å²) < 4.78 is 0. The number of rotatable bonds is 4. The minimum absolute atomic E-state index is 0.221. The average Bonchev–Trinajstić information content (AvgIpc) is 3.29. The van der Waals surface area contributed by atoms with Crippen LogP contribution in [0.2, 0.25) is 0 Å². The molecule has 2 fully saturated rings. The van der Waals surface area contributed by atoms with Crippen molar-refractivity contribution in [3.05, 3.63) is 35.9 Å². The number of aliphatic carboxylic acids is 1. The van der Waals surface area contributed by atoms with Crippen LogP contribution in [0.3, 0.4) is 0 Å². The van der Waals surface area contributed by atoms with Crippen LogP contribution in [-0.4, -0.2) is 35.0 Å². The molecule has 0 unspecified atom stereocenters. The second kappa shape index (κ2) is 5.51. The van der Waals surface area contributed by atoms with Crippen LogP contribution in [0.25, 0.3) is 0 Å². The molecule has 0 radical (unpaired) electrons. The lowest BCUT2D eigenvalue weighted by Crippen LogP contribution is -2.44. The number of carboxylic acids is 1. The number of piperidine rings is 1. The summed E-state index contributed by atoms with van der Waals surface area (Å²) in [7, 11) is 0. The number of amides is 1. The lowest BCUT2D eigenvalue weighted by molar-refractivity contribution is -0.139. The Labute approximate surface area is 124 Å². The predicted molar refractivity (Wildman–Crippen MR) is 78.9 cm³/mol. The molecule has 4 nitrogen and oxygen atoms in total. The molecule has 1 saturated carbocycles. The van der Waals surface area contributed by atoms with E-state index in [1.165, 1.54) is 0 Å². The topological polar surface area (TPSA) is 57.6 Å². The molecule has 1 aromatic carbocycles. The van der Waals surface area contributed by atoms with Gasteiger partial charge in [0.15, 0.2) is 0 Å². The van der Waals surface area contributed by atoms with Gasteiger partial charge in [0.25, 0.3) is 0 Å². The summed E-state index contributed by atoms with van der Waals surface area (Å²) in [5.41, 5.74) is 0.837. The van der Waals surface area contributed by atoms with E-state index in [0.717, 1.165) is 31.2 Å². The summed E-state index contributed by atoms with van der Waals surface area (Å²) in [6, 6.07) is 10.0. The van der Waals surface area contributed by atoms with Crippen molar-refractivity contribution in [2.24, 2.45) is 5.92 Å². The number of hydrogen-bond donors (Lipinski definition) is 1. The Balaban J connectivity index is 1.64. The van der Waals surface area contributed by atoms with Gasteiger partial charge in [-0.05, 0) is 37.2 Å². The fourth-order valence-corrected chi connectivity index (χ4v) is 3.40. The Bertz CT molecular complexity index is 528. The maximum absolute atomic E-state index is 12.8. The summed E-state index contributed by atoms with van der Waals surface area (Å²) in [6.45, 7) is 1.40. The molecule has 1 amide bonds. The quantitative estimate of drug-likeness (QED) is 0.925. The molecule has 0 spiro atoms. The van der Waals surface area contributed by atoms with Crippen LogP contribution < -0.4 is 0 Å². The molecule has 1 aromatic rings. The fraction of sp³-hybridized carbons (Fsp3) is 0.529. The second-order valence-electron chi connectivity index (χ2n) is 6.28.